The van der Waals surface area contributed by atoms with Crippen LogP contribution in [0.25, 0.3) is 0 Å². The maximum absolute atomic E-state index is 11.6. The Morgan fingerprint density at radius 1 is 1.60 bits per heavy atom. The fourth-order valence-corrected chi connectivity index (χ4v) is 1.32. The first-order valence-electron chi connectivity index (χ1n) is 4.81. The van der Waals surface area contributed by atoms with Gasteiger partial charge in [0.15, 0.2) is 0 Å². The van der Waals surface area contributed by atoms with Crippen LogP contribution in [-0.2, 0) is 9.59 Å². The van der Waals surface area contributed by atoms with E-state index in [0.717, 1.165) is 0 Å². The Kier molecular flexibility index (Phi) is 3.65. The van der Waals surface area contributed by atoms with Crippen LogP contribution < -0.4 is 10.6 Å². The summed E-state index contributed by atoms with van der Waals surface area (Å²) in [6, 6.07) is 0. The van der Waals surface area contributed by atoms with Crippen molar-refractivity contribution >= 4 is 11.8 Å². The molecule has 1 saturated heterocycles. The van der Waals surface area contributed by atoms with E-state index >= 15 is 0 Å². The van der Waals surface area contributed by atoms with Gasteiger partial charge in [0.05, 0.1) is 24.7 Å². The lowest BCUT2D eigenvalue weighted by Gasteiger charge is -2.27. The van der Waals surface area contributed by atoms with E-state index in [1.54, 1.807) is 0 Å². The minimum atomic E-state index is -1.03. The van der Waals surface area contributed by atoms with Crippen molar-refractivity contribution in [3.8, 4) is 0 Å². The Hall–Kier alpha value is -1.14. The van der Waals surface area contributed by atoms with E-state index in [1.165, 1.54) is 6.92 Å². The van der Waals surface area contributed by atoms with Crippen molar-refractivity contribution in [2.45, 2.75) is 18.9 Å². The van der Waals surface area contributed by atoms with Crippen molar-refractivity contribution in [3.63, 3.8) is 0 Å². The van der Waals surface area contributed by atoms with E-state index in [4.69, 9.17) is 10.2 Å². The second-order valence-corrected chi connectivity index (χ2v) is 4.07. The molecule has 6 heteroatoms. The van der Waals surface area contributed by atoms with Gasteiger partial charge in [0.25, 0.3) is 0 Å². The number of aliphatic hydroxyl groups excluding tert-OH is 2. The molecule has 0 aliphatic carbocycles. The fraction of sp³-hybridized carbons (Fsp3) is 0.778. The average molecular weight is 216 g/mol. The SMILES string of the molecule is CC(CO)(CO)NC(=O)C1CNC(=O)C1. The summed E-state index contributed by atoms with van der Waals surface area (Å²) >= 11 is 0. The Morgan fingerprint density at radius 2 is 2.20 bits per heavy atom. The summed E-state index contributed by atoms with van der Waals surface area (Å²) in [4.78, 5) is 22.5. The van der Waals surface area contributed by atoms with Crippen LogP contribution in [0.5, 0.6) is 0 Å². The van der Waals surface area contributed by atoms with Gasteiger partial charge in [0, 0.05) is 13.0 Å². The molecule has 0 aromatic carbocycles. The molecule has 1 aliphatic rings. The minimum Gasteiger partial charge on any atom is -0.394 e. The van der Waals surface area contributed by atoms with Crippen LogP contribution in [0.2, 0.25) is 0 Å². The van der Waals surface area contributed by atoms with Crippen LogP contribution in [0.3, 0.4) is 0 Å². The van der Waals surface area contributed by atoms with Crippen molar-refractivity contribution in [3.05, 3.63) is 0 Å². The molecule has 1 aliphatic heterocycles. The molecule has 0 radical (unpaired) electrons. The molecule has 0 bridgehead atoms. The number of hydrogen-bond donors (Lipinski definition) is 4. The number of amides is 2. The highest BCUT2D eigenvalue weighted by Crippen LogP contribution is 2.11. The summed E-state index contributed by atoms with van der Waals surface area (Å²) in [6.07, 6.45) is 0.165. The second kappa shape index (κ2) is 4.59. The summed E-state index contributed by atoms with van der Waals surface area (Å²) in [7, 11) is 0. The third-order valence-corrected chi connectivity index (χ3v) is 2.47. The fourth-order valence-electron chi connectivity index (χ4n) is 1.32. The molecule has 6 nitrogen and oxygen atoms in total. The van der Waals surface area contributed by atoms with Gasteiger partial charge in [-0.3, -0.25) is 9.59 Å². The van der Waals surface area contributed by atoms with Gasteiger partial charge in [0.1, 0.15) is 0 Å². The van der Waals surface area contributed by atoms with E-state index in [-0.39, 0.29) is 31.4 Å². The second-order valence-electron chi connectivity index (χ2n) is 4.07. The lowest BCUT2D eigenvalue weighted by Crippen LogP contribution is -2.53. The highest BCUT2D eigenvalue weighted by molar-refractivity contribution is 5.89. The number of hydrogen-bond acceptors (Lipinski definition) is 4. The monoisotopic (exact) mass is 216 g/mol. The number of carbonyl (C=O) groups is 2. The van der Waals surface area contributed by atoms with Gasteiger partial charge in [-0.2, -0.15) is 0 Å². The van der Waals surface area contributed by atoms with E-state index in [9.17, 15) is 9.59 Å². The highest BCUT2D eigenvalue weighted by atomic mass is 16.3. The van der Waals surface area contributed by atoms with E-state index in [1.807, 2.05) is 0 Å². The molecule has 4 N–H and O–H groups in total. The molecular weight excluding hydrogens is 200 g/mol. The van der Waals surface area contributed by atoms with Crippen LogP contribution in [0.4, 0.5) is 0 Å². The van der Waals surface area contributed by atoms with E-state index in [2.05, 4.69) is 10.6 Å². The third kappa shape index (κ3) is 2.90. The molecule has 0 saturated carbocycles. The van der Waals surface area contributed by atoms with Gasteiger partial charge in [-0.1, -0.05) is 0 Å². The van der Waals surface area contributed by atoms with Crippen molar-refractivity contribution in [1.29, 1.82) is 0 Å². The molecule has 1 rings (SSSR count). The van der Waals surface area contributed by atoms with Crippen LogP contribution in [0, 0.1) is 5.92 Å². The quantitative estimate of drug-likeness (QED) is 0.436. The molecule has 2 amide bonds. The van der Waals surface area contributed by atoms with Crippen LogP contribution in [0.15, 0.2) is 0 Å². The maximum atomic E-state index is 11.6. The van der Waals surface area contributed by atoms with Gasteiger partial charge >= 0.3 is 0 Å². The van der Waals surface area contributed by atoms with E-state index in [0.29, 0.717) is 6.54 Å². The molecule has 15 heavy (non-hydrogen) atoms. The maximum Gasteiger partial charge on any atom is 0.225 e. The summed E-state index contributed by atoms with van der Waals surface area (Å²) in [5, 5.41) is 23.0. The number of rotatable bonds is 4. The zero-order valence-electron chi connectivity index (χ0n) is 8.62. The largest absolute Gasteiger partial charge is 0.394 e. The lowest BCUT2D eigenvalue weighted by molar-refractivity contribution is -0.129. The molecule has 0 spiro atoms. The predicted octanol–water partition coefficient (Wildman–Crippen LogP) is -2.02. The first kappa shape index (κ1) is 11.9. The van der Waals surface area contributed by atoms with Gasteiger partial charge in [0.2, 0.25) is 11.8 Å². The standard InChI is InChI=1S/C9H16N2O4/c1-9(4-12,5-13)11-8(15)6-2-7(14)10-3-6/h6,12-13H,2-5H2,1H3,(H,10,14)(H,11,15). The Bertz CT molecular complexity index is 263. The zero-order chi connectivity index (χ0) is 11.5. The van der Waals surface area contributed by atoms with Crippen molar-refractivity contribution in [1.82, 2.24) is 10.6 Å². The summed E-state index contributed by atoms with van der Waals surface area (Å²) in [5.74, 6) is -0.876. The van der Waals surface area contributed by atoms with Crippen LogP contribution >= 0.6 is 0 Å². The molecule has 1 unspecified atom stereocenters. The number of nitrogens with one attached hydrogen (secondary N) is 2. The Balaban J connectivity index is 2.51. The van der Waals surface area contributed by atoms with Crippen molar-refractivity contribution in [2.24, 2.45) is 5.92 Å². The summed E-state index contributed by atoms with van der Waals surface area (Å²) < 4.78 is 0. The zero-order valence-corrected chi connectivity index (χ0v) is 8.62. The normalized spacial score (nSPS) is 21.3. The summed E-state index contributed by atoms with van der Waals surface area (Å²) in [6.45, 7) is 1.17. The van der Waals surface area contributed by atoms with Gasteiger partial charge < -0.3 is 20.8 Å². The summed E-state index contributed by atoms with van der Waals surface area (Å²) in [5.41, 5.74) is -1.03. The van der Waals surface area contributed by atoms with Crippen LogP contribution in [0.1, 0.15) is 13.3 Å². The topological polar surface area (TPSA) is 98.7 Å². The van der Waals surface area contributed by atoms with Gasteiger partial charge in [-0.05, 0) is 6.92 Å². The van der Waals surface area contributed by atoms with E-state index < -0.39 is 11.5 Å². The molecule has 1 fully saturated rings. The third-order valence-electron chi connectivity index (χ3n) is 2.47. The first-order valence-corrected chi connectivity index (χ1v) is 4.81. The molecule has 1 heterocycles. The molecule has 86 valence electrons. The number of aliphatic hydroxyl groups is 2. The molecule has 1 atom stereocenters. The highest BCUT2D eigenvalue weighted by Gasteiger charge is 2.32. The van der Waals surface area contributed by atoms with Gasteiger partial charge in [-0.25, -0.2) is 0 Å². The van der Waals surface area contributed by atoms with Crippen molar-refractivity contribution < 1.29 is 19.8 Å². The molecule has 0 aromatic heterocycles. The Morgan fingerprint density at radius 3 is 2.60 bits per heavy atom. The molecular formula is C9H16N2O4. The van der Waals surface area contributed by atoms with Crippen LogP contribution in [-0.4, -0.2) is 47.3 Å². The average Bonchev–Trinajstić information content (AvgIpc) is 2.65. The molecule has 0 aromatic rings. The Labute approximate surface area is 87.7 Å². The smallest absolute Gasteiger partial charge is 0.225 e. The van der Waals surface area contributed by atoms with Crippen molar-refractivity contribution in [2.75, 3.05) is 19.8 Å². The lowest BCUT2D eigenvalue weighted by atomic mass is 10.0. The number of carbonyl (C=O) groups excluding carboxylic acids is 2. The van der Waals surface area contributed by atoms with Gasteiger partial charge in [-0.15, -0.1) is 0 Å². The predicted molar refractivity (Wildman–Crippen MR) is 51.8 cm³/mol. The minimum absolute atomic E-state index is 0.148. The first-order chi connectivity index (χ1) is 7.00.